The van der Waals surface area contributed by atoms with E-state index in [1.54, 1.807) is 0 Å². The number of rotatable bonds is 51. The van der Waals surface area contributed by atoms with Gasteiger partial charge >= 0.3 is 41.9 Å². The number of likely N-dealkylation sites (tertiary alicyclic amines) is 1. The molecule has 0 radical (unpaired) electrons. The average Bonchev–Trinajstić information content (AvgIpc) is 3.65. The number of hydrogen-bond acceptors (Lipinski definition) is 16. The molecule has 0 aromatic heterocycles. The van der Waals surface area contributed by atoms with E-state index in [0.717, 1.165) is 128 Å². The molecule has 17 heteroatoms. The highest BCUT2D eigenvalue weighted by Crippen LogP contribution is 2.26. The van der Waals surface area contributed by atoms with Gasteiger partial charge in [0.15, 0.2) is 0 Å². The number of aliphatic hydroxyl groups excluding tert-OH is 1. The third kappa shape index (κ3) is 41.6. The molecular formula is C62H112N2O15. The van der Waals surface area contributed by atoms with Crippen LogP contribution >= 0.6 is 0 Å². The first-order valence-electron chi connectivity index (χ1n) is 31.5. The Morgan fingerprint density at radius 3 is 1.06 bits per heavy atom. The summed E-state index contributed by atoms with van der Waals surface area (Å²) in [6.45, 7) is 9.26. The normalized spacial score (nSPS) is 14.5. The molecule has 2 atom stereocenters. The molecule has 1 heterocycles. The molecule has 1 aliphatic rings. The molecule has 1 saturated heterocycles. The second-order valence-corrected chi connectivity index (χ2v) is 22.2. The van der Waals surface area contributed by atoms with Crippen LogP contribution in [-0.4, -0.2) is 142 Å². The van der Waals surface area contributed by atoms with Crippen molar-refractivity contribution in [3.63, 3.8) is 0 Å². The molecule has 0 unspecified atom stereocenters. The quantitative estimate of drug-likeness (QED) is 0.0341. The van der Waals surface area contributed by atoms with E-state index in [-0.39, 0.29) is 115 Å². The highest BCUT2D eigenvalue weighted by Gasteiger charge is 2.36. The lowest BCUT2D eigenvalue weighted by Crippen LogP contribution is -2.50. The van der Waals surface area contributed by atoms with Crippen LogP contribution in [-0.2, 0) is 61.9 Å². The molecule has 0 bridgehead atoms. The minimum Gasteiger partial charge on any atom is -0.465 e. The number of carbonyl (C=O) groups excluding carboxylic acids is 7. The molecule has 460 valence electrons. The van der Waals surface area contributed by atoms with E-state index in [9.17, 15) is 38.7 Å². The first-order chi connectivity index (χ1) is 38.4. The Morgan fingerprint density at radius 2 is 0.734 bits per heavy atom. The maximum atomic E-state index is 14.2. The number of nitrogens with zero attached hydrogens (tertiary/aromatic N) is 2. The van der Waals surface area contributed by atoms with Crippen molar-refractivity contribution in [2.24, 2.45) is 11.8 Å². The summed E-state index contributed by atoms with van der Waals surface area (Å²) in [4.78, 5) is 96.3. The topological polar surface area (TPSA) is 211 Å². The molecule has 0 aromatic rings. The fourth-order valence-corrected chi connectivity index (χ4v) is 9.61. The summed E-state index contributed by atoms with van der Waals surface area (Å²) in [5.74, 6) is -4.00. The van der Waals surface area contributed by atoms with E-state index in [4.69, 9.17) is 33.2 Å². The van der Waals surface area contributed by atoms with Gasteiger partial charge in [-0.15, -0.1) is 0 Å². The van der Waals surface area contributed by atoms with Crippen molar-refractivity contribution in [1.82, 2.24) is 9.80 Å². The maximum absolute atomic E-state index is 14.2. The van der Waals surface area contributed by atoms with Gasteiger partial charge in [-0.1, -0.05) is 169 Å². The minimum atomic E-state index is -0.649. The van der Waals surface area contributed by atoms with Gasteiger partial charge < -0.3 is 43.2 Å². The van der Waals surface area contributed by atoms with Gasteiger partial charge in [-0.3, -0.25) is 33.7 Å². The van der Waals surface area contributed by atoms with E-state index in [0.29, 0.717) is 77.3 Å². The van der Waals surface area contributed by atoms with Crippen LogP contribution in [0.5, 0.6) is 0 Å². The average molecular weight is 1130 g/mol. The fraction of sp³-hybridized carbons (Fsp3) is 0.887. The summed E-state index contributed by atoms with van der Waals surface area (Å²) in [5.41, 5.74) is 0. The van der Waals surface area contributed by atoms with Crippen LogP contribution in [0.4, 0.5) is 4.79 Å². The summed E-state index contributed by atoms with van der Waals surface area (Å²) in [6.07, 6.45) is 27.9. The van der Waals surface area contributed by atoms with Crippen molar-refractivity contribution in [3.8, 4) is 0 Å². The van der Waals surface area contributed by atoms with Crippen molar-refractivity contribution < 1.29 is 71.8 Å². The van der Waals surface area contributed by atoms with Gasteiger partial charge in [0.1, 0.15) is 13.2 Å². The Balaban J connectivity index is 3.19. The summed E-state index contributed by atoms with van der Waals surface area (Å²) >= 11 is 0. The molecular weight excluding hydrogens is 1010 g/mol. The van der Waals surface area contributed by atoms with E-state index < -0.39 is 42.0 Å². The number of amides is 1. The van der Waals surface area contributed by atoms with Crippen LogP contribution in [0.1, 0.15) is 259 Å². The predicted octanol–water partition coefficient (Wildman–Crippen LogP) is 12.7. The lowest BCUT2D eigenvalue weighted by molar-refractivity contribution is -0.156. The number of carbonyl (C=O) groups is 7. The van der Waals surface area contributed by atoms with Crippen molar-refractivity contribution in [2.75, 3.05) is 73.0 Å². The zero-order valence-corrected chi connectivity index (χ0v) is 50.4. The first kappa shape index (κ1) is 73.0. The Kier molecular flexibility index (Phi) is 47.1. The van der Waals surface area contributed by atoms with Gasteiger partial charge in [-0.05, 0) is 58.4 Å². The van der Waals surface area contributed by atoms with E-state index in [2.05, 4.69) is 27.7 Å². The fourth-order valence-electron chi connectivity index (χ4n) is 9.61. The monoisotopic (exact) mass is 1120 g/mol. The first-order valence-corrected chi connectivity index (χ1v) is 31.5. The van der Waals surface area contributed by atoms with E-state index in [1.165, 1.54) is 4.90 Å². The van der Waals surface area contributed by atoms with Gasteiger partial charge in [0.25, 0.3) is 0 Å². The Labute approximate surface area is 477 Å². The molecule has 79 heavy (non-hydrogen) atoms. The zero-order chi connectivity index (χ0) is 58.0. The van der Waals surface area contributed by atoms with Crippen LogP contribution in [0.25, 0.3) is 0 Å². The number of esters is 6. The molecule has 1 fully saturated rings. The molecule has 1 amide bonds. The number of ether oxygens (including phenoxy) is 7. The van der Waals surface area contributed by atoms with Gasteiger partial charge in [-0.2, -0.15) is 0 Å². The van der Waals surface area contributed by atoms with Crippen LogP contribution in [0, 0.1) is 11.8 Å². The van der Waals surface area contributed by atoms with E-state index in [1.807, 2.05) is 11.9 Å². The predicted molar refractivity (Wildman–Crippen MR) is 307 cm³/mol. The molecule has 0 saturated carbocycles. The van der Waals surface area contributed by atoms with Crippen molar-refractivity contribution in [1.29, 1.82) is 0 Å². The summed E-state index contributed by atoms with van der Waals surface area (Å²) < 4.78 is 40.2. The lowest BCUT2D eigenvalue weighted by Gasteiger charge is -2.35. The lowest BCUT2D eigenvalue weighted by atomic mass is 10.1. The SMILES string of the molecule is CCCCCCCCC(=O)OCC(COC(=O)CCCCCCCC)CC(=O)OC[C@@H]1CCCC[C@@H](COC(=O)CC(COC(=O)CCCCCCCC)COC(=O)CCCCCCCC)N1C(=O)OCCCN(C)CCCO. The molecule has 0 aromatic carbocycles. The Bertz CT molecular complexity index is 1420. The van der Waals surface area contributed by atoms with Gasteiger partial charge in [-0.25, -0.2) is 4.79 Å². The Morgan fingerprint density at radius 1 is 0.418 bits per heavy atom. The zero-order valence-electron chi connectivity index (χ0n) is 50.4. The number of hydrogen-bond donors (Lipinski definition) is 1. The second-order valence-electron chi connectivity index (χ2n) is 22.2. The summed E-state index contributed by atoms with van der Waals surface area (Å²) in [5, 5.41) is 9.27. The van der Waals surface area contributed by atoms with Gasteiger partial charge in [0.2, 0.25) is 0 Å². The van der Waals surface area contributed by atoms with Crippen LogP contribution in [0.2, 0.25) is 0 Å². The third-order valence-electron chi connectivity index (χ3n) is 14.6. The largest absolute Gasteiger partial charge is 0.465 e. The van der Waals surface area contributed by atoms with Crippen molar-refractivity contribution in [3.05, 3.63) is 0 Å². The van der Waals surface area contributed by atoms with Crippen LogP contribution in [0.3, 0.4) is 0 Å². The molecule has 1 N–H and O–H groups in total. The molecule has 17 nitrogen and oxygen atoms in total. The van der Waals surface area contributed by atoms with Gasteiger partial charge in [0, 0.05) is 57.2 Å². The number of aliphatic hydroxyl groups is 1. The van der Waals surface area contributed by atoms with Gasteiger partial charge in [0.05, 0.1) is 58.0 Å². The highest BCUT2D eigenvalue weighted by molar-refractivity contribution is 5.73. The maximum Gasteiger partial charge on any atom is 0.410 e. The molecule has 1 aliphatic heterocycles. The second kappa shape index (κ2) is 50.9. The van der Waals surface area contributed by atoms with Crippen LogP contribution in [0.15, 0.2) is 0 Å². The molecule has 1 rings (SSSR count). The summed E-state index contributed by atoms with van der Waals surface area (Å²) in [6, 6.07) is -1.27. The summed E-state index contributed by atoms with van der Waals surface area (Å²) in [7, 11) is 1.93. The van der Waals surface area contributed by atoms with Crippen LogP contribution < -0.4 is 0 Å². The number of unbranched alkanes of at least 4 members (excludes halogenated alkanes) is 20. The minimum absolute atomic E-state index is 0.0760. The van der Waals surface area contributed by atoms with Crippen molar-refractivity contribution in [2.45, 2.75) is 271 Å². The highest BCUT2D eigenvalue weighted by atomic mass is 16.6. The molecule has 0 spiro atoms. The Hall–Kier alpha value is -3.99. The smallest absolute Gasteiger partial charge is 0.410 e. The van der Waals surface area contributed by atoms with Crippen molar-refractivity contribution >= 4 is 41.9 Å². The standard InChI is InChI=1S/C62H112N2O15/c1-6-10-14-18-22-26-36-56(66)74-46-52(47-75-57(67)37-27-23-19-15-11-7-2)44-60(70)78-50-54-34-30-31-35-55(64(54)62(72)73-43-33-41-63(5)40-32-42-65)51-79-61(71)45-53(48-76-58(68)38-28-24-20-16-12-8-3)49-77-59(69)39-29-25-21-17-13-9-4/h52-55,65H,6-51H2,1-5H3/t54-,55-/m0/s1. The third-order valence-corrected chi connectivity index (χ3v) is 14.6. The molecule has 0 aliphatic carbocycles. The van der Waals surface area contributed by atoms with E-state index >= 15 is 0 Å².